The molecular formula is C23H23N3O3S. The molecule has 1 aliphatic heterocycles. The maximum Gasteiger partial charge on any atom is 0.323 e. The standard InChI is InChI=1S/C23H23N3O3S/c1-17-7-5-9-19(15-17)24-23(27)25-20-12-13-22-18(16-20)8-6-14-26(22)30(28,29)21-10-3-2-4-11-21/h2-5,7,9-13,15-16H,6,8,14H2,1H3,(H2,24,25,27). The summed E-state index contributed by atoms with van der Waals surface area (Å²) < 4.78 is 27.6. The number of amides is 2. The summed E-state index contributed by atoms with van der Waals surface area (Å²) in [7, 11) is -3.62. The molecule has 0 fully saturated rings. The van der Waals surface area contributed by atoms with Gasteiger partial charge in [0.1, 0.15) is 0 Å². The van der Waals surface area contributed by atoms with E-state index in [1.54, 1.807) is 42.5 Å². The lowest BCUT2D eigenvalue weighted by Crippen LogP contribution is -2.35. The van der Waals surface area contributed by atoms with Crippen molar-refractivity contribution in [2.45, 2.75) is 24.7 Å². The smallest absolute Gasteiger partial charge is 0.308 e. The highest BCUT2D eigenvalue weighted by molar-refractivity contribution is 7.92. The van der Waals surface area contributed by atoms with E-state index in [2.05, 4.69) is 10.6 Å². The molecule has 1 heterocycles. The molecule has 0 radical (unpaired) electrons. The highest BCUT2D eigenvalue weighted by atomic mass is 32.2. The first-order chi connectivity index (χ1) is 14.4. The molecule has 1 aliphatic rings. The molecule has 0 spiro atoms. The first-order valence-corrected chi connectivity index (χ1v) is 11.2. The molecule has 154 valence electrons. The number of fused-ring (bicyclic) bond motifs is 1. The van der Waals surface area contributed by atoms with Gasteiger partial charge in [0, 0.05) is 17.9 Å². The molecule has 0 saturated carbocycles. The first-order valence-electron chi connectivity index (χ1n) is 9.79. The molecule has 0 bridgehead atoms. The summed E-state index contributed by atoms with van der Waals surface area (Å²) in [6.45, 7) is 2.40. The fourth-order valence-electron chi connectivity index (χ4n) is 3.63. The van der Waals surface area contributed by atoms with Crippen LogP contribution in [0.3, 0.4) is 0 Å². The van der Waals surface area contributed by atoms with E-state index in [9.17, 15) is 13.2 Å². The molecule has 0 aromatic heterocycles. The monoisotopic (exact) mass is 421 g/mol. The van der Waals surface area contributed by atoms with Crippen molar-refractivity contribution in [2.24, 2.45) is 0 Å². The van der Waals surface area contributed by atoms with E-state index >= 15 is 0 Å². The normalized spacial score (nSPS) is 13.4. The zero-order valence-electron chi connectivity index (χ0n) is 16.6. The van der Waals surface area contributed by atoms with Crippen molar-refractivity contribution in [2.75, 3.05) is 21.5 Å². The molecular weight excluding hydrogens is 398 g/mol. The van der Waals surface area contributed by atoms with Crippen LogP contribution in [0.5, 0.6) is 0 Å². The number of nitrogens with one attached hydrogen (secondary N) is 2. The van der Waals surface area contributed by atoms with Crippen LogP contribution in [0, 0.1) is 6.92 Å². The number of hydrogen-bond donors (Lipinski definition) is 2. The predicted molar refractivity (Wildman–Crippen MR) is 120 cm³/mol. The summed E-state index contributed by atoms with van der Waals surface area (Å²) in [4.78, 5) is 12.6. The van der Waals surface area contributed by atoms with E-state index < -0.39 is 10.0 Å². The summed E-state index contributed by atoms with van der Waals surface area (Å²) >= 11 is 0. The second kappa shape index (κ2) is 8.20. The van der Waals surface area contributed by atoms with Crippen LogP contribution in [-0.2, 0) is 16.4 Å². The van der Waals surface area contributed by atoms with Gasteiger partial charge in [0.2, 0.25) is 0 Å². The number of carbonyl (C=O) groups excluding carboxylic acids is 1. The maximum atomic E-state index is 13.1. The van der Waals surface area contributed by atoms with E-state index in [4.69, 9.17) is 0 Å². The van der Waals surface area contributed by atoms with E-state index in [1.165, 1.54) is 4.31 Å². The number of urea groups is 1. The van der Waals surface area contributed by atoms with Crippen molar-refractivity contribution in [3.05, 3.63) is 83.9 Å². The number of carbonyl (C=O) groups is 1. The second-order valence-electron chi connectivity index (χ2n) is 7.29. The molecule has 2 N–H and O–H groups in total. The van der Waals surface area contributed by atoms with Crippen molar-refractivity contribution in [1.82, 2.24) is 0 Å². The zero-order chi connectivity index (χ0) is 21.1. The minimum Gasteiger partial charge on any atom is -0.308 e. The fraction of sp³-hybridized carbons (Fsp3) is 0.174. The Morgan fingerprint density at radius 3 is 2.37 bits per heavy atom. The minimum atomic E-state index is -3.62. The third kappa shape index (κ3) is 4.16. The largest absolute Gasteiger partial charge is 0.323 e. The lowest BCUT2D eigenvalue weighted by molar-refractivity contribution is 0.262. The maximum absolute atomic E-state index is 13.1. The fourth-order valence-corrected chi connectivity index (χ4v) is 5.19. The van der Waals surface area contributed by atoms with Crippen molar-refractivity contribution in [1.29, 1.82) is 0 Å². The van der Waals surface area contributed by atoms with Crippen LogP contribution in [-0.4, -0.2) is 21.0 Å². The van der Waals surface area contributed by atoms with Crippen molar-refractivity contribution in [3.8, 4) is 0 Å². The molecule has 3 aromatic carbocycles. The van der Waals surface area contributed by atoms with E-state index in [0.29, 0.717) is 23.6 Å². The van der Waals surface area contributed by atoms with Gasteiger partial charge in [0.25, 0.3) is 10.0 Å². The summed E-state index contributed by atoms with van der Waals surface area (Å²) in [6.07, 6.45) is 1.48. The Kier molecular flexibility index (Phi) is 5.46. The van der Waals surface area contributed by atoms with Gasteiger partial charge in [-0.25, -0.2) is 13.2 Å². The number of hydrogen-bond acceptors (Lipinski definition) is 3. The predicted octanol–water partition coefficient (Wildman–Crippen LogP) is 4.78. The van der Waals surface area contributed by atoms with E-state index in [1.807, 2.05) is 37.3 Å². The zero-order valence-corrected chi connectivity index (χ0v) is 17.4. The van der Waals surface area contributed by atoms with Gasteiger partial charge < -0.3 is 10.6 Å². The number of rotatable bonds is 4. The lowest BCUT2D eigenvalue weighted by atomic mass is 10.0. The molecule has 0 saturated heterocycles. The van der Waals surface area contributed by atoms with Crippen LogP contribution < -0.4 is 14.9 Å². The highest BCUT2D eigenvalue weighted by Crippen LogP contribution is 2.33. The third-order valence-corrected chi connectivity index (χ3v) is 6.85. The second-order valence-corrected chi connectivity index (χ2v) is 9.15. The highest BCUT2D eigenvalue weighted by Gasteiger charge is 2.29. The Morgan fingerprint density at radius 1 is 0.900 bits per heavy atom. The minimum absolute atomic E-state index is 0.276. The third-order valence-electron chi connectivity index (χ3n) is 5.02. The van der Waals surface area contributed by atoms with Crippen LogP contribution in [0.25, 0.3) is 0 Å². The summed E-state index contributed by atoms with van der Waals surface area (Å²) in [5.41, 5.74) is 3.95. The molecule has 0 atom stereocenters. The average Bonchev–Trinajstić information content (AvgIpc) is 2.73. The molecule has 4 rings (SSSR count). The number of sulfonamides is 1. The lowest BCUT2D eigenvalue weighted by Gasteiger charge is -2.30. The van der Waals surface area contributed by atoms with Crippen molar-refractivity contribution >= 4 is 33.1 Å². The van der Waals surface area contributed by atoms with Gasteiger partial charge in [-0.1, -0.05) is 30.3 Å². The molecule has 30 heavy (non-hydrogen) atoms. The summed E-state index contributed by atoms with van der Waals surface area (Å²) in [5, 5.41) is 5.64. The van der Waals surface area contributed by atoms with Gasteiger partial charge >= 0.3 is 6.03 Å². The van der Waals surface area contributed by atoms with Crippen LogP contribution in [0.4, 0.5) is 21.9 Å². The number of nitrogens with zero attached hydrogens (tertiary/aromatic N) is 1. The Morgan fingerprint density at radius 2 is 1.63 bits per heavy atom. The SMILES string of the molecule is Cc1cccc(NC(=O)Nc2ccc3c(c2)CCCN3S(=O)(=O)c2ccccc2)c1. The van der Waals surface area contributed by atoms with Gasteiger partial charge in [-0.15, -0.1) is 0 Å². The molecule has 3 aromatic rings. The topological polar surface area (TPSA) is 78.5 Å². The molecule has 2 amide bonds. The Labute approximate surface area is 176 Å². The quantitative estimate of drug-likeness (QED) is 0.636. The van der Waals surface area contributed by atoms with Crippen LogP contribution >= 0.6 is 0 Å². The first kappa shape index (κ1) is 20.0. The van der Waals surface area contributed by atoms with Gasteiger partial charge in [0.15, 0.2) is 0 Å². The van der Waals surface area contributed by atoms with E-state index in [-0.39, 0.29) is 10.9 Å². The Balaban J connectivity index is 1.54. The van der Waals surface area contributed by atoms with E-state index in [0.717, 1.165) is 24.0 Å². The van der Waals surface area contributed by atoms with Gasteiger partial charge in [-0.3, -0.25) is 4.31 Å². The number of aryl methyl sites for hydroxylation is 2. The van der Waals surface area contributed by atoms with Crippen LogP contribution in [0.2, 0.25) is 0 Å². The van der Waals surface area contributed by atoms with Crippen molar-refractivity contribution in [3.63, 3.8) is 0 Å². The van der Waals surface area contributed by atoms with Crippen LogP contribution in [0.1, 0.15) is 17.5 Å². The molecule has 0 unspecified atom stereocenters. The molecule has 6 nitrogen and oxygen atoms in total. The van der Waals surface area contributed by atoms with Crippen LogP contribution in [0.15, 0.2) is 77.7 Å². The van der Waals surface area contributed by atoms with Gasteiger partial charge in [-0.05, 0) is 73.4 Å². The Hall–Kier alpha value is -3.32. The summed E-state index contributed by atoms with van der Waals surface area (Å²) in [5.74, 6) is 0. The van der Waals surface area contributed by atoms with Crippen molar-refractivity contribution < 1.29 is 13.2 Å². The molecule has 0 aliphatic carbocycles. The van der Waals surface area contributed by atoms with Gasteiger partial charge in [-0.2, -0.15) is 0 Å². The van der Waals surface area contributed by atoms with Gasteiger partial charge in [0.05, 0.1) is 10.6 Å². The number of anilines is 3. The average molecular weight is 422 g/mol. The molecule has 7 heteroatoms. The number of benzene rings is 3. The summed E-state index contributed by atoms with van der Waals surface area (Å²) in [6, 6.07) is 21.0. The Bertz CT molecular complexity index is 1180.